The molecule has 11 heteroatoms. The Hall–Kier alpha value is -3.86. The van der Waals surface area contributed by atoms with Gasteiger partial charge in [0.25, 0.3) is 26.0 Å². The molecule has 4 aromatic carbocycles. The van der Waals surface area contributed by atoms with Gasteiger partial charge in [0, 0.05) is 22.0 Å². The molecule has 0 atom stereocenters. The summed E-state index contributed by atoms with van der Waals surface area (Å²) in [4.78, 5) is 12.8. The van der Waals surface area contributed by atoms with Gasteiger partial charge in [0.2, 0.25) is 0 Å². The van der Waals surface area contributed by atoms with Gasteiger partial charge in [0.05, 0.1) is 15.5 Å². The van der Waals surface area contributed by atoms with Crippen LogP contribution in [0, 0.1) is 13.8 Å². The number of amides is 1. The molecule has 0 bridgehead atoms. The van der Waals surface area contributed by atoms with E-state index in [0.29, 0.717) is 33.2 Å². The minimum absolute atomic E-state index is 0.00873. The number of carbonyl (C=O) groups excluding carboxylic acids is 1. The van der Waals surface area contributed by atoms with E-state index < -0.39 is 26.0 Å². The Kier molecular flexibility index (Phi) is 7.77. The molecule has 0 saturated carbocycles. The molecule has 196 valence electrons. The Morgan fingerprint density at radius 2 is 1.39 bits per heavy atom. The average molecular weight is 570 g/mol. The maximum absolute atomic E-state index is 12.9. The highest BCUT2D eigenvalue weighted by Gasteiger charge is 2.20. The highest BCUT2D eigenvalue weighted by atomic mass is 35.5. The minimum Gasteiger partial charge on any atom is -0.322 e. The Labute approximate surface area is 226 Å². The van der Waals surface area contributed by atoms with Crippen molar-refractivity contribution < 1.29 is 21.6 Å². The first-order chi connectivity index (χ1) is 18.0. The lowest BCUT2D eigenvalue weighted by molar-refractivity contribution is 0.102. The number of anilines is 3. The van der Waals surface area contributed by atoms with Crippen molar-refractivity contribution in [2.24, 2.45) is 0 Å². The van der Waals surface area contributed by atoms with E-state index in [2.05, 4.69) is 14.8 Å². The Balaban J connectivity index is 1.50. The molecule has 0 aliphatic heterocycles. The lowest BCUT2D eigenvalue weighted by Crippen LogP contribution is -2.17. The van der Waals surface area contributed by atoms with Crippen LogP contribution in [0.2, 0.25) is 5.02 Å². The van der Waals surface area contributed by atoms with Crippen LogP contribution in [-0.4, -0.2) is 22.7 Å². The van der Waals surface area contributed by atoms with Gasteiger partial charge >= 0.3 is 0 Å². The van der Waals surface area contributed by atoms with Gasteiger partial charge < -0.3 is 5.32 Å². The summed E-state index contributed by atoms with van der Waals surface area (Å²) in [7, 11) is -7.84. The van der Waals surface area contributed by atoms with Gasteiger partial charge in [-0.25, -0.2) is 16.8 Å². The molecular weight excluding hydrogens is 546 g/mol. The summed E-state index contributed by atoms with van der Waals surface area (Å²) in [6.07, 6.45) is 0. The molecule has 0 radical (unpaired) electrons. The summed E-state index contributed by atoms with van der Waals surface area (Å²) in [6.45, 7) is 3.34. The molecule has 0 aromatic heterocycles. The van der Waals surface area contributed by atoms with Crippen LogP contribution in [0.3, 0.4) is 0 Å². The molecule has 0 saturated heterocycles. The van der Waals surface area contributed by atoms with E-state index in [1.54, 1.807) is 68.4 Å². The fourth-order valence-electron chi connectivity index (χ4n) is 3.59. The van der Waals surface area contributed by atoms with E-state index in [4.69, 9.17) is 11.6 Å². The zero-order valence-corrected chi connectivity index (χ0v) is 22.8. The van der Waals surface area contributed by atoms with Crippen molar-refractivity contribution in [3.63, 3.8) is 0 Å². The van der Waals surface area contributed by atoms with Crippen molar-refractivity contribution in [2.75, 3.05) is 14.8 Å². The lowest BCUT2D eigenvalue weighted by atomic mass is 10.1. The number of carbonyl (C=O) groups is 1. The summed E-state index contributed by atoms with van der Waals surface area (Å²) in [5.74, 6) is -0.551. The number of rotatable bonds is 8. The number of benzene rings is 4. The second-order valence-electron chi connectivity index (χ2n) is 8.45. The third-order valence-electron chi connectivity index (χ3n) is 5.70. The van der Waals surface area contributed by atoms with Crippen LogP contribution in [0.4, 0.5) is 17.1 Å². The van der Waals surface area contributed by atoms with Crippen LogP contribution in [0.25, 0.3) is 0 Å². The number of nitrogens with one attached hydrogen (secondary N) is 3. The van der Waals surface area contributed by atoms with Crippen LogP contribution in [0.15, 0.2) is 101 Å². The van der Waals surface area contributed by atoms with Crippen LogP contribution >= 0.6 is 11.6 Å². The first-order valence-electron chi connectivity index (χ1n) is 11.3. The van der Waals surface area contributed by atoms with Gasteiger partial charge in [-0.1, -0.05) is 41.9 Å². The predicted octanol–water partition coefficient (Wildman–Crippen LogP) is 5.81. The number of aryl methyl sites for hydroxylation is 1. The third kappa shape index (κ3) is 6.16. The van der Waals surface area contributed by atoms with Gasteiger partial charge in [-0.3, -0.25) is 14.2 Å². The van der Waals surface area contributed by atoms with Crippen molar-refractivity contribution in [2.45, 2.75) is 23.6 Å². The van der Waals surface area contributed by atoms with E-state index in [-0.39, 0.29) is 15.4 Å². The second kappa shape index (κ2) is 10.9. The molecule has 4 rings (SSSR count). The number of sulfonamides is 2. The second-order valence-corrected chi connectivity index (χ2v) is 12.2. The molecule has 0 heterocycles. The van der Waals surface area contributed by atoms with Crippen LogP contribution in [0.5, 0.6) is 0 Å². The predicted molar refractivity (Wildman–Crippen MR) is 150 cm³/mol. The Morgan fingerprint density at radius 3 is 2.08 bits per heavy atom. The van der Waals surface area contributed by atoms with Gasteiger partial charge in [-0.15, -0.1) is 0 Å². The Bertz CT molecular complexity index is 1710. The fourth-order valence-corrected chi connectivity index (χ4v) is 6.22. The maximum Gasteiger partial charge on any atom is 0.262 e. The Morgan fingerprint density at radius 1 is 0.711 bits per heavy atom. The largest absolute Gasteiger partial charge is 0.322 e. The van der Waals surface area contributed by atoms with Crippen molar-refractivity contribution in [3.8, 4) is 0 Å². The zero-order chi connectivity index (χ0) is 27.5. The minimum atomic E-state index is -3.94. The molecule has 8 nitrogen and oxygen atoms in total. The molecule has 0 aliphatic rings. The normalized spacial score (nSPS) is 11.6. The SMILES string of the molecule is Cc1ccc(C(=O)Nc2ccc(S(=O)(=O)Nc3cccc(Cl)c3C)cc2)cc1S(=O)(=O)Nc1ccccc1. The topological polar surface area (TPSA) is 121 Å². The highest BCUT2D eigenvalue weighted by Crippen LogP contribution is 2.26. The van der Waals surface area contributed by atoms with Crippen LogP contribution < -0.4 is 14.8 Å². The first-order valence-corrected chi connectivity index (χ1v) is 14.7. The fraction of sp³-hybridized carbons (Fsp3) is 0.0741. The molecule has 1 amide bonds. The smallest absolute Gasteiger partial charge is 0.262 e. The average Bonchev–Trinajstić information content (AvgIpc) is 2.87. The first kappa shape index (κ1) is 27.2. The van der Waals surface area contributed by atoms with E-state index in [9.17, 15) is 21.6 Å². The summed E-state index contributed by atoms with van der Waals surface area (Å²) in [6, 6.07) is 23.3. The highest BCUT2D eigenvalue weighted by molar-refractivity contribution is 7.93. The lowest BCUT2D eigenvalue weighted by Gasteiger charge is -2.13. The van der Waals surface area contributed by atoms with Crippen LogP contribution in [-0.2, 0) is 20.0 Å². The molecule has 0 spiro atoms. The molecule has 0 unspecified atom stereocenters. The molecule has 0 fully saturated rings. The summed E-state index contributed by atoms with van der Waals surface area (Å²) in [5.41, 5.74) is 2.29. The van der Waals surface area contributed by atoms with Crippen molar-refractivity contribution in [3.05, 3.63) is 113 Å². The molecule has 0 aliphatic carbocycles. The number of halogens is 1. The van der Waals surface area contributed by atoms with Gasteiger partial charge in [0.15, 0.2) is 0 Å². The van der Waals surface area contributed by atoms with Crippen molar-refractivity contribution >= 4 is 54.6 Å². The zero-order valence-electron chi connectivity index (χ0n) is 20.4. The molecule has 4 aromatic rings. The van der Waals surface area contributed by atoms with Crippen molar-refractivity contribution in [1.29, 1.82) is 0 Å². The van der Waals surface area contributed by atoms with E-state index in [1.807, 2.05) is 0 Å². The maximum atomic E-state index is 12.9. The summed E-state index contributed by atoms with van der Waals surface area (Å²) < 4.78 is 56.5. The number of para-hydroxylation sites is 1. The van der Waals surface area contributed by atoms with Gasteiger partial charge in [0.1, 0.15) is 0 Å². The molecule has 38 heavy (non-hydrogen) atoms. The van der Waals surface area contributed by atoms with Crippen molar-refractivity contribution in [1.82, 2.24) is 0 Å². The molecular formula is C27H24ClN3O5S2. The number of hydrogen-bond donors (Lipinski definition) is 3. The standard InChI is InChI=1S/C27H24ClN3O5S2/c1-18-11-12-20(17-26(18)38(35,36)30-22-7-4-3-5-8-22)27(32)29-21-13-15-23(16-14-21)37(33,34)31-25-10-6-9-24(28)19(25)2/h3-17,30-31H,1-2H3,(H,29,32). The third-order valence-corrected chi connectivity index (χ3v) is 9.01. The summed E-state index contributed by atoms with van der Waals surface area (Å²) in [5, 5.41) is 3.10. The summed E-state index contributed by atoms with van der Waals surface area (Å²) >= 11 is 6.08. The van der Waals surface area contributed by atoms with E-state index >= 15 is 0 Å². The van der Waals surface area contributed by atoms with E-state index in [0.717, 1.165) is 0 Å². The van der Waals surface area contributed by atoms with Crippen LogP contribution in [0.1, 0.15) is 21.5 Å². The van der Waals surface area contributed by atoms with E-state index in [1.165, 1.54) is 36.4 Å². The number of hydrogen-bond acceptors (Lipinski definition) is 5. The van der Waals surface area contributed by atoms with Gasteiger partial charge in [-0.2, -0.15) is 0 Å². The monoisotopic (exact) mass is 569 g/mol. The molecule has 3 N–H and O–H groups in total. The quantitative estimate of drug-likeness (QED) is 0.247. The van der Waals surface area contributed by atoms with Gasteiger partial charge in [-0.05, 0) is 85.6 Å².